The lowest BCUT2D eigenvalue weighted by molar-refractivity contribution is 0.173. The van der Waals surface area contributed by atoms with Gasteiger partial charge in [-0.3, -0.25) is 0 Å². The number of hydrogen-bond acceptors (Lipinski definition) is 4. The van der Waals surface area contributed by atoms with Gasteiger partial charge in [0.05, 0.1) is 11.0 Å². The fourth-order valence-electron chi connectivity index (χ4n) is 2.20. The highest BCUT2D eigenvalue weighted by Crippen LogP contribution is 2.40. The molecular formula is C16H25BrIN3O2S. The molecule has 1 aromatic carbocycles. The number of ether oxygens (including phenoxy) is 2. The van der Waals surface area contributed by atoms with Crippen molar-refractivity contribution >= 4 is 57.6 Å². The quantitative estimate of drug-likeness (QED) is 0.231. The third-order valence-electron chi connectivity index (χ3n) is 3.32. The summed E-state index contributed by atoms with van der Waals surface area (Å²) in [5.41, 5.74) is 1.08. The summed E-state index contributed by atoms with van der Waals surface area (Å²) < 4.78 is 11.8. The molecule has 1 heterocycles. The predicted molar refractivity (Wildman–Crippen MR) is 116 cm³/mol. The molecule has 8 heteroatoms. The van der Waals surface area contributed by atoms with Gasteiger partial charge in [-0.2, -0.15) is 11.8 Å². The fourth-order valence-corrected chi connectivity index (χ4v) is 3.30. The zero-order chi connectivity index (χ0) is 16.5. The van der Waals surface area contributed by atoms with Gasteiger partial charge in [0.2, 0.25) is 6.79 Å². The summed E-state index contributed by atoms with van der Waals surface area (Å²) in [5.74, 6) is 3.61. The second-order valence-electron chi connectivity index (χ2n) is 5.13. The molecule has 0 aromatic heterocycles. The van der Waals surface area contributed by atoms with Crippen LogP contribution in [0.15, 0.2) is 21.6 Å². The minimum Gasteiger partial charge on any atom is -0.454 e. The van der Waals surface area contributed by atoms with Crippen LogP contribution in [0.2, 0.25) is 0 Å². The van der Waals surface area contributed by atoms with Gasteiger partial charge in [0, 0.05) is 13.1 Å². The first kappa shape index (κ1) is 21.7. The number of fused-ring (bicyclic) bond motifs is 1. The van der Waals surface area contributed by atoms with Crippen LogP contribution in [-0.4, -0.2) is 37.9 Å². The van der Waals surface area contributed by atoms with E-state index in [4.69, 9.17) is 9.47 Å². The summed E-state index contributed by atoms with van der Waals surface area (Å²) >= 11 is 5.40. The number of thioether (sulfide) groups is 1. The van der Waals surface area contributed by atoms with E-state index in [1.54, 1.807) is 0 Å². The van der Waals surface area contributed by atoms with Crippen molar-refractivity contribution in [3.63, 3.8) is 0 Å². The Morgan fingerprint density at radius 1 is 1.29 bits per heavy atom. The van der Waals surface area contributed by atoms with Gasteiger partial charge >= 0.3 is 0 Å². The van der Waals surface area contributed by atoms with E-state index in [-0.39, 0.29) is 30.8 Å². The van der Waals surface area contributed by atoms with Crippen molar-refractivity contribution in [2.24, 2.45) is 4.99 Å². The van der Waals surface area contributed by atoms with Crippen LogP contribution in [0.3, 0.4) is 0 Å². The Labute approximate surface area is 173 Å². The monoisotopic (exact) mass is 529 g/mol. The number of nitrogens with one attached hydrogen (secondary N) is 2. The molecule has 0 radical (unpaired) electrons. The molecule has 0 saturated heterocycles. The molecule has 0 fully saturated rings. The highest BCUT2D eigenvalue weighted by molar-refractivity contribution is 14.0. The van der Waals surface area contributed by atoms with Gasteiger partial charge in [0.25, 0.3) is 0 Å². The maximum absolute atomic E-state index is 5.44. The van der Waals surface area contributed by atoms with Gasteiger partial charge in [0.15, 0.2) is 17.5 Å². The molecule has 1 aromatic rings. The zero-order valence-corrected chi connectivity index (χ0v) is 18.8. The van der Waals surface area contributed by atoms with Crippen molar-refractivity contribution in [2.45, 2.75) is 26.3 Å². The molecule has 136 valence electrons. The average molecular weight is 530 g/mol. The Bertz CT molecular complexity index is 546. The minimum absolute atomic E-state index is 0. The second-order valence-corrected chi connectivity index (χ2v) is 6.97. The number of halogens is 2. The lowest BCUT2D eigenvalue weighted by atomic mass is 10.2. The van der Waals surface area contributed by atoms with Gasteiger partial charge in [-0.05, 0) is 65.4 Å². The van der Waals surface area contributed by atoms with Crippen LogP contribution in [0, 0.1) is 0 Å². The highest BCUT2D eigenvalue weighted by atomic mass is 127. The number of nitrogens with zero attached hydrogens (tertiary/aromatic N) is 1. The number of aliphatic imine (C=N–C) groups is 1. The normalized spacial score (nSPS) is 12.7. The van der Waals surface area contributed by atoms with Crippen LogP contribution in [0.5, 0.6) is 11.5 Å². The summed E-state index contributed by atoms with van der Waals surface area (Å²) in [4.78, 5) is 4.64. The molecule has 5 nitrogen and oxygen atoms in total. The molecule has 0 bridgehead atoms. The first-order chi connectivity index (χ1) is 11.2. The van der Waals surface area contributed by atoms with E-state index in [2.05, 4.69) is 44.7 Å². The molecule has 24 heavy (non-hydrogen) atoms. The molecule has 0 spiro atoms. The van der Waals surface area contributed by atoms with Crippen LogP contribution in [0.4, 0.5) is 0 Å². The van der Waals surface area contributed by atoms with Crippen LogP contribution < -0.4 is 20.1 Å². The van der Waals surface area contributed by atoms with Gasteiger partial charge in [-0.1, -0.05) is 0 Å². The van der Waals surface area contributed by atoms with Crippen LogP contribution in [0.1, 0.15) is 25.3 Å². The Morgan fingerprint density at radius 2 is 2.12 bits per heavy atom. The maximum Gasteiger partial charge on any atom is 0.231 e. The van der Waals surface area contributed by atoms with E-state index in [0.717, 1.165) is 47.0 Å². The zero-order valence-electron chi connectivity index (χ0n) is 14.1. The molecule has 0 unspecified atom stereocenters. The highest BCUT2D eigenvalue weighted by Gasteiger charge is 2.17. The molecule has 1 aliphatic heterocycles. The molecule has 2 N–H and O–H groups in total. The SMILES string of the molecule is CCNC(=NCc1cc(Br)c2c(c1)OCO2)NCCCCSC.I. The van der Waals surface area contributed by atoms with Gasteiger partial charge < -0.3 is 20.1 Å². The van der Waals surface area contributed by atoms with E-state index < -0.39 is 0 Å². The van der Waals surface area contributed by atoms with Crippen molar-refractivity contribution in [1.29, 1.82) is 0 Å². The van der Waals surface area contributed by atoms with Crippen molar-refractivity contribution in [1.82, 2.24) is 10.6 Å². The van der Waals surface area contributed by atoms with Crippen molar-refractivity contribution < 1.29 is 9.47 Å². The minimum atomic E-state index is 0. The summed E-state index contributed by atoms with van der Waals surface area (Å²) in [6, 6.07) is 4.01. The van der Waals surface area contributed by atoms with Crippen molar-refractivity contribution in [3.8, 4) is 11.5 Å². The third-order valence-corrected chi connectivity index (χ3v) is 4.60. The third kappa shape index (κ3) is 6.87. The predicted octanol–water partition coefficient (Wildman–Crippen LogP) is 3.99. The van der Waals surface area contributed by atoms with Crippen LogP contribution >= 0.6 is 51.7 Å². The van der Waals surface area contributed by atoms with Crippen molar-refractivity contribution in [3.05, 3.63) is 22.2 Å². The molecule has 0 amide bonds. The maximum atomic E-state index is 5.44. The molecular weight excluding hydrogens is 505 g/mol. The van der Waals surface area contributed by atoms with Gasteiger partial charge in [0.1, 0.15) is 0 Å². The number of guanidine groups is 1. The second kappa shape index (κ2) is 12.1. The Morgan fingerprint density at radius 3 is 2.88 bits per heavy atom. The van der Waals surface area contributed by atoms with E-state index in [1.165, 1.54) is 12.2 Å². The standard InChI is InChI=1S/C16H24BrN3O2S.HI/c1-3-18-16(19-6-4-5-7-23-2)20-10-12-8-13(17)15-14(9-12)21-11-22-15;/h8-9H,3-7,10-11H2,1-2H3,(H2,18,19,20);1H. The van der Waals surface area contributed by atoms with Crippen molar-refractivity contribution in [2.75, 3.05) is 31.9 Å². The van der Waals surface area contributed by atoms with E-state index in [1.807, 2.05) is 23.9 Å². The lowest BCUT2D eigenvalue weighted by Crippen LogP contribution is -2.37. The Balaban J connectivity index is 0.00000288. The molecule has 1 aliphatic rings. The summed E-state index contributed by atoms with van der Waals surface area (Å²) in [6.07, 6.45) is 4.52. The van der Waals surface area contributed by atoms with Gasteiger partial charge in [-0.25, -0.2) is 4.99 Å². The number of unbranched alkanes of at least 4 members (excludes halogenated alkanes) is 1. The molecule has 0 atom stereocenters. The number of hydrogen-bond donors (Lipinski definition) is 2. The molecule has 2 rings (SSSR count). The Kier molecular flexibility index (Phi) is 10.9. The number of benzene rings is 1. The lowest BCUT2D eigenvalue weighted by Gasteiger charge is -2.11. The first-order valence-electron chi connectivity index (χ1n) is 7.83. The summed E-state index contributed by atoms with van der Waals surface area (Å²) in [7, 11) is 0. The van der Waals surface area contributed by atoms with E-state index >= 15 is 0 Å². The van der Waals surface area contributed by atoms with Gasteiger partial charge in [-0.15, -0.1) is 24.0 Å². The Hall–Kier alpha value is -0.350. The summed E-state index contributed by atoms with van der Waals surface area (Å²) in [6.45, 7) is 4.73. The smallest absolute Gasteiger partial charge is 0.231 e. The topological polar surface area (TPSA) is 54.9 Å². The molecule has 0 saturated carbocycles. The largest absolute Gasteiger partial charge is 0.454 e. The fraction of sp³-hybridized carbons (Fsp3) is 0.562. The van der Waals surface area contributed by atoms with E-state index in [9.17, 15) is 0 Å². The van der Waals surface area contributed by atoms with Crippen LogP contribution in [0.25, 0.3) is 0 Å². The van der Waals surface area contributed by atoms with Crippen LogP contribution in [-0.2, 0) is 6.54 Å². The number of rotatable bonds is 8. The molecule has 0 aliphatic carbocycles. The van der Waals surface area contributed by atoms with E-state index in [0.29, 0.717) is 6.54 Å². The first-order valence-corrected chi connectivity index (χ1v) is 10.0. The summed E-state index contributed by atoms with van der Waals surface area (Å²) in [5, 5.41) is 6.66. The average Bonchev–Trinajstić information content (AvgIpc) is 3.01.